The summed E-state index contributed by atoms with van der Waals surface area (Å²) in [4.78, 5) is 12.9. The van der Waals surface area contributed by atoms with Crippen LogP contribution in [0.4, 0.5) is 11.4 Å². The average molecular weight is 406 g/mol. The van der Waals surface area contributed by atoms with Gasteiger partial charge < -0.3 is 11.1 Å². The highest BCUT2D eigenvalue weighted by molar-refractivity contribution is 9.10. The van der Waals surface area contributed by atoms with E-state index in [0.717, 1.165) is 9.37 Å². The fourth-order valence-electron chi connectivity index (χ4n) is 1.53. The lowest BCUT2D eigenvalue weighted by atomic mass is 10.3. The molecule has 0 bridgehead atoms. The van der Waals surface area contributed by atoms with Gasteiger partial charge in [-0.1, -0.05) is 39.1 Å². The smallest absolute Gasteiger partial charge is 0.234 e. The van der Waals surface area contributed by atoms with Gasteiger partial charge in [0.2, 0.25) is 5.91 Å². The van der Waals surface area contributed by atoms with Gasteiger partial charge in [0.05, 0.1) is 21.5 Å². The molecular weight excluding hydrogens is 395 g/mol. The van der Waals surface area contributed by atoms with Crippen molar-refractivity contribution in [2.45, 2.75) is 4.90 Å². The Balaban J connectivity index is 1.94. The van der Waals surface area contributed by atoms with Crippen LogP contribution in [-0.2, 0) is 4.79 Å². The number of anilines is 2. The van der Waals surface area contributed by atoms with Crippen LogP contribution in [0.15, 0.2) is 45.8 Å². The van der Waals surface area contributed by atoms with E-state index in [1.807, 2.05) is 24.3 Å². The molecule has 0 spiro atoms. The van der Waals surface area contributed by atoms with E-state index < -0.39 is 0 Å². The van der Waals surface area contributed by atoms with Gasteiger partial charge in [-0.3, -0.25) is 4.79 Å². The van der Waals surface area contributed by atoms with E-state index in [9.17, 15) is 4.79 Å². The van der Waals surface area contributed by atoms with Gasteiger partial charge in [0.15, 0.2) is 0 Å². The van der Waals surface area contributed by atoms with Crippen LogP contribution in [0.2, 0.25) is 10.0 Å². The van der Waals surface area contributed by atoms with E-state index in [2.05, 4.69) is 21.2 Å². The molecule has 0 unspecified atom stereocenters. The second kappa shape index (κ2) is 7.40. The summed E-state index contributed by atoms with van der Waals surface area (Å²) in [7, 11) is 0. The molecule has 0 saturated heterocycles. The number of amides is 1. The number of halogens is 3. The fourth-order valence-corrected chi connectivity index (χ4v) is 2.98. The monoisotopic (exact) mass is 404 g/mol. The first kappa shape index (κ1) is 16.5. The Hall–Kier alpha value is -0.880. The number of nitrogens with one attached hydrogen (secondary N) is 1. The molecule has 0 aliphatic carbocycles. The third-order valence-corrected chi connectivity index (χ3v) is 4.71. The van der Waals surface area contributed by atoms with Crippen molar-refractivity contribution in [3.05, 3.63) is 50.9 Å². The maximum atomic E-state index is 11.9. The third-order valence-electron chi connectivity index (χ3n) is 2.55. The van der Waals surface area contributed by atoms with Crippen LogP contribution in [0.1, 0.15) is 0 Å². The second-order valence-corrected chi connectivity index (χ2v) is 6.92. The zero-order valence-electron chi connectivity index (χ0n) is 10.7. The topological polar surface area (TPSA) is 55.1 Å². The Morgan fingerprint density at radius 2 is 1.76 bits per heavy atom. The highest BCUT2D eigenvalue weighted by atomic mass is 79.9. The van der Waals surface area contributed by atoms with Crippen LogP contribution >= 0.6 is 50.9 Å². The van der Waals surface area contributed by atoms with Crippen LogP contribution in [0, 0.1) is 0 Å². The highest BCUT2D eigenvalue weighted by Gasteiger charge is 2.08. The maximum Gasteiger partial charge on any atom is 0.234 e. The van der Waals surface area contributed by atoms with Crippen LogP contribution in [-0.4, -0.2) is 11.7 Å². The van der Waals surface area contributed by atoms with Crippen LogP contribution in [0.5, 0.6) is 0 Å². The van der Waals surface area contributed by atoms with E-state index in [-0.39, 0.29) is 5.91 Å². The summed E-state index contributed by atoms with van der Waals surface area (Å²) in [6.45, 7) is 0. The Labute approximate surface area is 145 Å². The third kappa shape index (κ3) is 4.81. The van der Waals surface area contributed by atoms with Crippen molar-refractivity contribution in [3.8, 4) is 0 Å². The van der Waals surface area contributed by atoms with E-state index in [4.69, 9.17) is 28.9 Å². The number of rotatable bonds is 4. The SMILES string of the molecule is Nc1c(Cl)cc(NC(=O)CSc2ccc(Br)cc2)cc1Cl. The molecule has 0 atom stereocenters. The number of benzene rings is 2. The predicted molar refractivity (Wildman–Crippen MR) is 94.4 cm³/mol. The first-order valence-electron chi connectivity index (χ1n) is 5.88. The van der Waals surface area contributed by atoms with Gasteiger partial charge >= 0.3 is 0 Å². The molecular formula is C14H11BrCl2N2OS. The molecule has 2 aromatic carbocycles. The summed E-state index contributed by atoms with van der Waals surface area (Å²) in [6.07, 6.45) is 0. The van der Waals surface area contributed by atoms with Crippen molar-refractivity contribution in [3.63, 3.8) is 0 Å². The van der Waals surface area contributed by atoms with Gasteiger partial charge in [-0.05, 0) is 36.4 Å². The van der Waals surface area contributed by atoms with Gasteiger partial charge in [-0.2, -0.15) is 0 Å². The van der Waals surface area contributed by atoms with E-state index in [1.165, 1.54) is 11.8 Å². The number of hydrogen-bond acceptors (Lipinski definition) is 3. The molecule has 110 valence electrons. The van der Waals surface area contributed by atoms with Crippen LogP contribution in [0.25, 0.3) is 0 Å². The molecule has 0 aliphatic heterocycles. The Kier molecular flexibility index (Phi) is 5.81. The Morgan fingerprint density at radius 1 is 1.19 bits per heavy atom. The van der Waals surface area contributed by atoms with Crippen molar-refractivity contribution in [1.82, 2.24) is 0 Å². The first-order chi connectivity index (χ1) is 9.95. The Morgan fingerprint density at radius 3 is 2.33 bits per heavy atom. The number of nitrogens with two attached hydrogens (primary N) is 1. The van der Waals surface area contributed by atoms with Crippen molar-refractivity contribution in [1.29, 1.82) is 0 Å². The standard InChI is InChI=1S/C14H11BrCl2N2OS/c15-8-1-3-10(4-2-8)21-7-13(20)19-9-5-11(16)14(18)12(17)6-9/h1-6H,7,18H2,(H,19,20). The van der Waals surface area contributed by atoms with Crippen molar-refractivity contribution < 1.29 is 4.79 Å². The van der Waals surface area contributed by atoms with E-state index in [1.54, 1.807) is 12.1 Å². The van der Waals surface area contributed by atoms with Crippen molar-refractivity contribution >= 4 is 68.2 Å². The van der Waals surface area contributed by atoms with Crippen LogP contribution in [0.3, 0.4) is 0 Å². The lowest BCUT2D eigenvalue weighted by molar-refractivity contribution is -0.113. The quantitative estimate of drug-likeness (QED) is 0.551. The summed E-state index contributed by atoms with van der Waals surface area (Å²) < 4.78 is 1.00. The molecule has 1 amide bonds. The highest BCUT2D eigenvalue weighted by Crippen LogP contribution is 2.31. The number of carbonyl (C=O) groups is 1. The lowest BCUT2D eigenvalue weighted by Crippen LogP contribution is -2.14. The normalized spacial score (nSPS) is 10.4. The molecule has 3 nitrogen and oxygen atoms in total. The Bertz CT molecular complexity index is 642. The van der Waals surface area contributed by atoms with Crippen molar-refractivity contribution in [2.24, 2.45) is 0 Å². The molecule has 21 heavy (non-hydrogen) atoms. The minimum absolute atomic E-state index is 0.139. The molecule has 0 radical (unpaired) electrons. The first-order valence-corrected chi connectivity index (χ1v) is 8.42. The van der Waals surface area contributed by atoms with Gasteiger partial charge in [-0.25, -0.2) is 0 Å². The van der Waals surface area contributed by atoms with Crippen LogP contribution < -0.4 is 11.1 Å². The number of carbonyl (C=O) groups excluding carboxylic acids is 1. The largest absolute Gasteiger partial charge is 0.396 e. The summed E-state index contributed by atoms with van der Waals surface area (Å²) in [5, 5.41) is 3.37. The molecule has 3 N–H and O–H groups in total. The minimum atomic E-state index is -0.139. The zero-order valence-corrected chi connectivity index (χ0v) is 14.6. The minimum Gasteiger partial charge on any atom is -0.396 e. The van der Waals surface area contributed by atoms with Gasteiger partial charge in [0.25, 0.3) is 0 Å². The molecule has 0 saturated carbocycles. The molecule has 7 heteroatoms. The van der Waals surface area contributed by atoms with Gasteiger partial charge in [0, 0.05) is 15.1 Å². The fraction of sp³-hybridized carbons (Fsp3) is 0.0714. The second-order valence-electron chi connectivity index (χ2n) is 4.14. The summed E-state index contributed by atoms with van der Waals surface area (Å²) in [5.74, 6) is 0.154. The summed E-state index contributed by atoms with van der Waals surface area (Å²) in [6, 6.07) is 10.9. The van der Waals surface area contributed by atoms with E-state index >= 15 is 0 Å². The lowest BCUT2D eigenvalue weighted by Gasteiger charge is -2.08. The van der Waals surface area contributed by atoms with Crippen molar-refractivity contribution in [2.75, 3.05) is 16.8 Å². The predicted octanol–water partition coefficient (Wildman–Crippen LogP) is 5.07. The number of nitrogen functional groups attached to an aromatic ring is 1. The molecule has 0 heterocycles. The number of hydrogen-bond donors (Lipinski definition) is 2. The zero-order chi connectivity index (χ0) is 15.4. The van der Waals surface area contributed by atoms with Gasteiger partial charge in [0.1, 0.15) is 0 Å². The molecule has 2 rings (SSSR count). The number of thioether (sulfide) groups is 1. The average Bonchev–Trinajstić information content (AvgIpc) is 2.44. The maximum absolute atomic E-state index is 11.9. The summed E-state index contributed by atoms with van der Waals surface area (Å²) >= 11 is 16.6. The summed E-state index contributed by atoms with van der Waals surface area (Å²) in [5.41, 5.74) is 6.48. The molecule has 0 aromatic heterocycles. The van der Waals surface area contributed by atoms with E-state index in [0.29, 0.717) is 27.2 Å². The molecule has 0 fully saturated rings. The molecule has 2 aromatic rings. The van der Waals surface area contributed by atoms with Gasteiger partial charge in [-0.15, -0.1) is 11.8 Å². The molecule has 0 aliphatic rings.